The molecule has 0 radical (unpaired) electrons. The number of carboxylic acids is 1. The molecule has 2 heterocycles. The minimum Gasteiger partial charge on any atom is -0.512 e. The number of hydrogen-bond acceptors (Lipinski definition) is 10. The van der Waals surface area contributed by atoms with Crippen molar-refractivity contribution in [3.8, 4) is 11.4 Å². The molecule has 358 valence electrons. The number of aromatic carboxylic acids is 1. The third-order valence-electron chi connectivity index (χ3n) is 10.8. The summed E-state index contributed by atoms with van der Waals surface area (Å²) < 4.78 is 5.85. The summed E-state index contributed by atoms with van der Waals surface area (Å²) in [6.45, 7) is 4.90. The number of rotatable bonds is 10. The van der Waals surface area contributed by atoms with E-state index in [0.29, 0.717) is 42.3 Å². The van der Waals surface area contributed by atoms with Gasteiger partial charge in [-0.05, 0) is 158 Å². The van der Waals surface area contributed by atoms with Gasteiger partial charge in [0.25, 0.3) is 0 Å². The van der Waals surface area contributed by atoms with Gasteiger partial charge in [0.2, 0.25) is 20.1 Å². The number of aliphatic hydroxyl groups excluding tert-OH is 2. The van der Waals surface area contributed by atoms with Crippen molar-refractivity contribution in [3.05, 3.63) is 168 Å². The summed E-state index contributed by atoms with van der Waals surface area (Å²) in [5.74, 6) is 0.468. The van der Waals surface area contributed by atoms with Crippen LogP contribution in [0.25, 0.3) is 32.9 Å². The highest BCUT2D eigenvalue weighted by atomic mass is 79.9. The van der Waals surface area contributed by atoms with E-state index in [9.17, 15) is 14.7 Å². The molecular formula is C50H48Br2Cl2N8O5S2. The molecule has 0 saturated heterocycles. The Morgan fingerprint density at radius 3 is 1.86 bits per heavy atom. The van der Waals surface area contributed by atoms with Crippen molar-refractivity contribution in [3.63, 3.8) is 0 Å². The number of anilines is 2. The Kier molecular flexibility index (Phi) is 18.3. The van der Waals surface area contributed by atoms with Crippen molar-refractivity contribution in [1.82, 2.24) is 29.5 Å². The zero-order valence-electron chi connectivity index (χ0n) is 36.3. The van der Waals surface area contributed by atoms with Crippen LogP contribution >= 0.6 is 79.0 Å². The Bertz CT molecular complexity index is 3230. The molecule has 0 unspecified atom stereocenters. The van der Waals surface area contributed by atoms with Crippen molar-refractivity contribution in [2.24, 2.45) is 0 Å². The van der Waals surface area contributed by atoms with E-state index in [1.165, 1.54) is 88.3 Å². The molecule has 10 rings (SSSR count). The average Bonchev–Trinajstić information content (AvgIpc) is 4.28. The van der Waals surface area contributed by atoms with E-state index in [-0.39, 0.29) is 23.8 Å². The standard InChI is InChI=1S/C18H16BrN3OS.C15H12BrN3S.C9H10ClNO2.C7H6ClNO2.CH4/c1-11(23)10-24-18-21-20-17(19)22(18)16-9-8-13(12-6-7-12)14-4-2-3-5-15(14)16;16-14-17-18-15(20)19(14)13-8-7-10(9-5-6-9)11-3-1-2-4-12(11)13;1-6-2-3-8(7(10)4-6)11-9(13)5-12;8-5-3-4(7(10)11)1-2-6(5)9;/h2-5,8-9,12,23H,1,6-7,10H2;1-4,7-9H,5-6H2,(H,18,20);2-4,12H,5H2,1H3,(H,11,13);1-3H,9H2,(H,10,11);1H4. The Morgan fingerprint density at radius 1 is 0.812 bits per heavy atom. The number of nitrogen functional groups attached to an aromatic ring is 1. The van der Waals surface area contributed by atoms with Crippen LogP contribution in [0.2, 0.25) is 10.0 Å². The van der Waals surface area contributed by atoms with E-state index < -0.39 is 18.5 Å². The molecule has 1 amide bonds. The number of carbonyl (C=O) groups excluding carboxylic acids is 1. The van der Waals surface area contributed by atoms with Crippen LogP contribution in [0.1, 0.15) is 72.0 Å². The fourth-order valence-corrected chi connectivity index (χ4v) is 9.79. The first kappa shape index (κ1) is 52.8. The summed E-state index contributed by atoms with van der Waals surface area (Å²) in [5, 5.41) is 50.6. The molecule has 2 aliphatic carbocycles. The summed E-state index contributed by atoms with van der Waals surface area (Å²) in [6.07, 6.45) is 5.16. The number of nitrogens with zero attached hydrogens (tertiary/aromatic N) is 5. The third kappa shape index (κ3) is 13.2. The van der Waals surface area contributed by atoms with Gasteiger partial charge in [-0.3, -0.25) is 19.0 Å². The molecule has 0 spiro atoms. The normalized spacial score (nSPS) is 12.6. The first-order chi connectivity index (χ1) is 32.6. The van der Waals surface area contributed by atoms with Gasteiger partial charge in [0.1, 0.15) is 6.61 Å². The Morgan fingerprint density at radius 2 is 1.38 bits per heavy atom. The lowest BCUT2D eigenvalue weighted by atomic mass is 9.99. The van der Waals surface area contributed by atoms with Crippen molar-refractivity contribution < 1.29 is 24.9 Å². The second kappa shape index (κ2) is 23.9. The number of aromatic amines is 1. The fraction of sp³-hybridized carbons (Fsp3) is 0.200. The third-order valence-corrected chi connectivity index (χ3v) is 13.7. The van der Waals surface area contributed by atoms with Gasteiger partial charge in [-0.15, -0.1) is 15.3 Å². The van der Waals surface area contributed by atoms with E-state index in [4.69, 9.17) is 51.4 Å². The van der Waals surface area contributed by atoms with Crippen LogP contribution in [0.4, 0.5) is 11.4 Å². The second-order valence-electron chi connectivity index (χ2n) is 15.8. The average molecular weight is 1140 g/mol. The number of H-pyrrole nitrogens is 1. The molecule has 0 atom stereocenters. The molecule has 0 bridgehead atoms. The first-order valence-electron chi connectivity index (χ1n) is 21.1. The van der Waals surface area contributed by atoms with Gasteiger partial charge < -0.3 is 26.4 Å². The minimum absolute atomic E-state index is 0. The van der Waals surface area contributed by atoms with E-state index in [1.807, 2.05) is 22.1 Å². The van der Waals surface area contributed by atoms with Crippen molar-refractivity contribution in [1.29, 1.82) is 0 Å². The number of thioether (sulfide) groups is 1. The van der Waals surface area contributed by atoms with E-state index in [0.717, 1.165) is 28.0 Å². The summed E-state index contributed by atoms with van der Waals surface area (Å²) in [4.78, 5) is 21.2. The lowest BCUT2D eigenvalue weighted by Crippen LogP contribution is -2.15. The Hall–Kier alpha value is -5.53. The maximum atomic E-state index is 10.8. The van der Waals surface area contributed by atoms with Gasteiger partial charge in [-0.25, -0.2) is 4.79 Å². The van der Waals surface area contributed by atoms with Gasteiger partial charge in [-0.2, -0.15) is 0 Å². The highest BCUT2D eigenvalue weighted by molar-refractivity contribution is 9.10. The number of aryl methyl sites for hydroxylation is 1. The predicted molar refractivity (Wildman–Crippen MR) is 288 cm³/mol. The number of amides is 1. The molecule has 7 N–H and O–H groups in total. The molecule has 19 heteroatoms. The lowest BCUT2D eigenvalue weighted by Gasteiger charge is -2.13. The maximum Gasteiger partial charge on any atom is 0.335 e. The zero-order chi connectivity index (χ0) is 48.6. The van der Waals surface area contributed by atoms with Gasteiger partial charge in [0.05, 0.1) is 49.9 Å². The fourth-order valence-electron chi connectivity index (χ4n) is 7.26. The van der Waals surface area contributed by atoms with Crippen LogP contribution in [0.15, 0.2) is 136 Å². The molecular weight excluding hydrogens is 1090 g/mol. The van der Waals surface area contributed by atoms with E-state index in [1.54, 1.807) is 12.1 Å². The maximum absolute atomic E-state index is 10.8. The molecule has 8 aromatic rings. The Labute approximate surface area is 435 Å². The minimum atomic E-state index is -1.01. The lowest BCUT2D eigenvalue weighted by molar-refractivity contribution is -0.118. The van der Waals surface area contributed by atoms with E-state index >= 15 is 0 Å². The monoisotopic (exact) mass is 1130 g/mol. The molecule has 2 aromatic heterocycles. The van der Waals surface area contributed by atoms with E-state index in [2.05, 4.69) is 137 Å². The zero-order valence-corrected chi connectivity index (χ0v) is 42.6. The van der Waals surface area contributed by atoms with Gasteiger partial charge in [-0.1, -0.05) is 116 Å². The molecule has 69 heavy (non-hydrogen) atoms. The van der Waals surface area contributed by atoms with Crippen molar-refractivity contribution >= 4 is 124 Å². The quantitative estimate of drug-likeness (QED) is 0.0330. The second-order valence-corrected chi connectivity index (χ2v) is 19.4. The van der Waals surface area contributed by atoms with Crippen LogP contribution in [-0.2, 0) is 4.79 Å². The molecule has 2 aliphatic rings. The number of fused-ring (bicyclic) bond motifs is 2. The summed E-state index contributed by atoms with van der Waals surface area (Å²) in [5.41, 5.74) is 12.4. The SMILES string of the molecule is C.C=C(O)CSc1nnc(Br)n1-c1ccc(C2CC2)c2ccccc12.Cc1ccc(NC(=O)CO)c(Cl)c1.Nc1ccc(C(=O)O)cc1Cl.S=c1[nH]nc(Br)n1-c1ccc(C2CC2)c2ccccc12. The van der Waals surface area contributed by atoms with Crippen LogP contribution < -0.4 is 11.1 Å². The number of nitrogens with one attached hydrogen (secondary N) is 2. The van der Waals surface area contributed by atoms with Crippen LogP contribution in [0, 0.1) is 11.7 Å². The largest absolute Gasteiger partial charge is 0.512 e. The highest BCUT2D eigenvalue weighted by Gasteiger charge is 2.27. The van der Waals surface area contributed by atoms with Crippen LogP contribution in [0.5, 0.6) is 0 Å². The number of benzene rings is 6. The molecule has 13 nitrogen and oxygen atoms in total. The number of hydrogen-bond donors (Lipinski definition) is 6. The van der Waals surface area contributed by atoms with Gasteiger partial charge >= 0.3 is 5.97 Å². The molecule has 6 aromatic carbocycles. The number of carbonyl (C=O) groups is 2. The first-order valence-corrected chi connectivity index (χ1v) is 24.8. The number of nitrogens with two attached hydrogens (primary N) is 1. The number of aromatic nitrogens is 6. The molecule has 2 fully saturated rings. The van der Waals surface area contributed by atoms with Gasteiger partial charge in [0.15, 0.2) is 5.16 Å². The molecule has 0 aliphatic heterocycles. The van der Waals surface area contributed by atoms with Crippen LogP contribution in [0.3, 0.4) is 0 Å². The molecule has 2 saturated carbocycles. The van der Waals surface area contributed by atoms with Crippen molar-refractivity contribution in [2.45, 2.75) is 57.0 Å². The van der Waals surface area contributed by atoms with Gasteiger partial charge in [0, 0.05) is 10.8 Å². The topological polar surface area (TPSA) is 197 Å². The highest BCUT2D eigenvalue weighted by Crippen LogP contribution is 2.45. The number of halogens is 4. The summed E-state index contributed by atoms with van der Waals surface area (Å²) >= 11 is 25.1. The Balaban J connectivity index is 0.000000158. The van der Waals surface area contributed by atoms with Crippen molar-refractivity contribution in [2.75, 3.05) is 23.4 Å². The predicted octanol–water partition coefficient (Wildman–Crippen LogP) is 13.8. The number of aliphatic hydroxyl groups is 2. The van der Waals surface area contributed by atoms with Crippen LogP contribution in [-0.4, -0.2) is 69.1 Å². The summed E-state index contributed by atoms with van der Waals surface area (Å²) in [7, 11) is 0. The summed E-state index contributed by atoms with van der Waals surface area (Å²) in [6, 6.07) is 35.2. The smallest absolute Gasteiger partial charge is 0.335 e. The number of carboxylic acid groups (broad SMARTS) is 1.